The normalized spacial score (nSPS) is 19.8. The first-order chi connectivity index (χ1) is 23.6. The van der Waals surface area contributed by atoms with Crippen LogP contribution in [0.3, 0.4) is 0 Å². The molecule has 5 nitrogen and oxygen atoms in total. The molecule has 49 heavy (non-hydrogen) atoms. The molecular weight excluding hydrogens is 603 g/mol. The molecule has 0 saturated heterocycles. The van der Waals surface area contributed by atoms with Crippen molar-refractivity contribution < 1.29 is 14.5 Å². The third-order valence-corrected chi connectivity index (χ3v) is 10.8. The Kier molecular flexibility index (Phi) is 12.1. The van der Waals surface area contributed by atoms with E-state index in [0.29, 0.717) is 0 Å². The molecule has 0 atom stereocenters. The Bertz CT molecular complexity index is 1650. The fraction of sp³-hybridized carbons (Fsp3) is 0.500. The first-order valence-corrected chi connectivity index (χ1v) is 19.0. The lowest BCUT2D eigenvalue weighted by Gasteiger charge is -2.27. The minimum Gasteiger partial charge on any atom is -0.481 e. The van der Waals surface area contributed by atoms with Gasteiger partial charge in [-0.05, 0) is 81.2 Å². The van der Waals surface area contributed by atoms with Crippen molar-refractivity contribution >= 4 is 23.1 Å². The lowest BCUT2D eigenvalue weighted by Crippen LogP contribution is -2.28. The molecule has 0 saturated carbocycles. The Hall–Kier alpha value is -3.86. The number of rotatable bonds is 16. The number of allylic oxidation sites excluding steroid dienone is 7. The molecule has 2 N–H and O–H groups in total. The molecule has 0 amide bonds. The summed E-state index contributed by atoms with van der Waals surface area (Å²) in [5.41, 5.74) is 12.2. The summed E-state index contributed by atoms with van der Waals surface area (Å²) in [6, 6.07) is 17.8. The zero-order valence-corrected chi connectivity index (χ0v) is 31.1. The fourth-order valence-electron chi connectivity index (χ4n) is 8.20. The number of benzene rings is 2. The molecule has 5 heteroatoms. The standard InChI is InChI=1S/C44H59N3O2/c1-7-31-46-37-23-15-13-21-35(37)43(3,4)39(46)28-26-33-19-18-20-34(42(33)45-30-17-11-9-10-12-25-41(48)49)27-29-40-44(5,6)36-22-14-16-24-38(36)47(40)32-8-2/h13-16,21-24,26-29H,7-12,17-20,25,30-32H2,1-6H3,(H,48,49)/p+1/b33-26+,39-28-. The molecule has 262 valence electrons. The largest absolute Gasteiger partial charge is 0.481 e. The maximum atomic E-state index is 10.9. The minimum absolute atomic E-state index is 0.0550. The third kappa shape index (κ3) is 7.97. The Morgan fingerprint density at radius 3 is 2.33 bits per heavy atom. The predicted octanol–water partition coefficient (Wildman–Crippen LogP) is 10.5. The zero-order valence-electron chi connectivity index (χ0n) is 31.1. The second kappa shape index (κ2) is 16.2. The van der Waals surface area contributed by atoms with E-state index in [1.54, 1.807) is 0 Å². The Morgan fingerprint density at radius 2 is 1.57 bits per heavy atom. The molecule has 1 aliphatic carbocycles. The van der Waals surface area contributed by atoms with Gasteiger partial charge in [-0.1, -0.05) is 95.5 Å². The highest BCUT2D eigenvalue weighted by Gasteiger charge is 2.44. The molecule has 2 aliphatic heterocycles. The van der Waals surface area contributed by atoms with E-state index in [2.05, 4.69) is 129 Å². The summed E-state index contributed by atoms with van der Waals surface area (Å²) in [5.74, 6) is -0.690. The predicted molar refractivity (Wildman–Crippen MR) is 206 cm³/mol. The number of carbonyl (C=O) groups is 1. The maximum absolute atomic E-state index is 10.9. The highest BCUT2D eigenvalue weighted by Crippen LogP contribution is 2.48. The summed E-state index contributed by atoms with van der Waals surface area (Å²) in [6.07, 6.45) is 20.4. The molecule has 0 fully saturated rings. The van der Waals surface area contributed by atoms with Crippen molar-refractivity contribution in [2.75, 3.05) is 24.5 Å². The first-order valence-electron chi connectivity index (χ1n) is 19.0. The molecule has 0 spiro atoms. The van der Waals surface area contributed by atoms with Crippen LogP contribution in [-0.2, 0) is 15.6 Å². The van der Waals surface area contributed by atoms with Crippen molar-refractivity contribution in [1.29, 1.82) is 0 Å². The van der Waals surface area contributed by atoms with Gasteiger partial charge in [0.05, 0.1) is 5.41 Å². The number of unbranched alkanes of at least 4 members (excludes halogenated alkanes) is 4. The molecule has 3 aliphatic rings. The van der Waals surface area contributed by atoms with Gasteiger partial charge >= 0.3 is 5.97 Å². The van der Waals surface area contributed by atoms with E-state index in [-0.39, 0.29) is 17.3 Å². The molecule has 0 radical (unpaired) electrons. The first kappa shape index (κ1) is 36.4. The van der Waals surface area contributed by atoms with Gasteiger partial charge in [-0.2, -0.15) is 4.58 Å². The van der Waals surface area contributed by atoms with Crippen LogP contribution in [0.5, 0.6) is 0 Å². The van der Waals surface area contributed by atoms with E-state index in [0.717, 1.165) is 83.8 Å². The Morgan fingerprint density at radius 1 is 0.857 bits per heavy atom. The van der Waals surface area contributed by atoms with E-state index < -0.39 is 5.97 Å². The van der Waals surface area contributed by atoms with E-state index in [1.165, 1.54) is 50.8 Å². The lowest BCUT2D eigenvalue weighted by atomic mass is 9.81. The average molecular weight is 663 g/mol. The van der Waals surface area contributed by atoms with Crippen LogP contribution in [0.1, 0.15) is 123 Å². The smallest absolute Gasteiger partial charge is 0.303 e. The summed E-state index contributed by atoms with van der Waals surface area (Å²) in [4.78, 5) is 13.4. The van der Waals surface area contributed by atoms with Crippen LogP contribution in [0.25, 0.3) is 0 Å². The number of carboxylic acid groups (broad SMARTS) is 1. The highest BCUT2D eigenvalue weighted by atomic mass is 16.4. The van der Waals surface area contributed by atoms with Crippen molar-refractivity contribution in [1.82, 2.24) is 5.32 Å². The van der Waals surface area contributed by atoms with Gasteiger partial charge in [-0.15, -0.1) is 0 Å². The molecule has 0 aromatic heterocycles. The SMILES string of the molecule is CCCN1/C(=C\C=C2/CCCC(/C=C/C3=[N+](CCC)c4ccccc4C3(C)C)=C2NCCCCCCCC(=O)O)C(C)(C)c2ccccc21. The van der Waals surface area contributed by atoms with Crippen LogP contribution in [0.15, 0.2) is 95.4 Å². The molecule has 2 heterocycles. The van der Waals surface area contributed by atoms with Gasteiger partial charge in [0, 0.05) is 66.1 Å². The quantitative estimate of drug-likeness (QED) is 0.139. The second-order valence-electron chi connectivity index (χ2n) is 15.1. The van der Waals surface area contributed by atoms with Gasteiger partial charge in [0.2, 0.25) is 5.69 Å². The topological polar surface area (TPSA) is 55.6 Å². The molecule has 5 rings (SSSR count). The van der Waals surface area contributed by atoms with Crippen LogP contribution in [0.4, 0.5) is 11.4 Å². The number of hydrogen-bond acceptors (Lipinski definition) is 3. The third-order valence-electron chi connectivity index (χ3n) is 10.8. The fourth-order valence-corrected chi connectivity index (χ4v) is 8.20. The second-order valence-corrected chi connectivity index (χ2v) is 15.1. The van der Waals surface area contributed by atoms with Crippen molar-refractivity contribution in [3.63, 3.8) is 0 Å². The summed E-state index contributed by atoms with van der Waals surface area (Å²) in [5, 5.41) is 12.9. The molecule has 2 aromatic rings. The number of aliphatic carboxylic acids is 1. The zero-order chi connectivity index (χ0) is 35.0. The van der Waals surface area contributed by atoms with E-state index >= 15 is 0 Å². The molecule has 0 unspecified atom stereocenters. The Labute approximate surface area is 296 Å². The van der Waals surface area contributed by atoms with Crippen LogP contribution in [0.2, 0.25) is 0 Å². The van der Waals surface area contributed by atoms with Crippen molar-refractivity contribution in [2.24, 2.45) is 0 Å². The van der Waals surface area contributed by atoms with E-state index in [9.17, 15) is 4.79 Å². The van der Waals surface area contributed by atoms with Crippen molar-refractivity contribution in [3.05, 3.63) is 107 Å². The number of carboxylic acids is 1. The van der Waals surface area contributed by atoms with Crippen LogP contribution in [0, 0.1) is 0 Å². The number of fused-ring (bicyclic) bond motifs is 2. The maximum Gasteiger partial charge on any atom is 0.303 e. The van der Waals surface area contributed by atoms with E-state index in [1.807, 2.05) is 0 Å². The Balaban J connectivity index is 1.47. The van der Waals surface area contributed by atoms with Crippen molar-refractivity contribution in [3.8, 4) is 0 Å². The molecule has 2 aromatic carbocycles. The summed E-state index contributed by atoms with van der Waals surface area (Å²) in [6.45, 7) is 17.0. The lowest BCUT2D eigenvalue weighted by molar-refractivity contribution is -0.437. The van der Waals surface area contributed by atoms with Gasteiger partial charge in [0.25, 0.3) is 0 Å². The summed E-state index contributed by atoms with van der Waals surface area (Å²) in [7, 11) is 0. The van der Waals surface area contributed by atoms with E-state index in [4.69, 9.17) is 5.11 Å². The van der Waals surface area contributed by atoms with Gasteiger partial charge in [0.1, 0.15) is 6.54 Å². The highest BCUT2D eigenvalue weighted by molar-refractivity contribution is 6.03. The monoisotopic (exact) mass is 662 g/mol. The summed E-state index contributed by atoms with van der Waals surface area (Å²) >= 11 is 0. The molecular formula is C44H60N3O2+. The van der Waals surface area contributed by atoms with Gasteiger partial charge in [-0.3, -0.25) is 4.79 Å². The van der Waals surface area contributed by atoms with Gasteiger partial charge < -0.3 is 15.3 Å². The summed E-state index contributed by atoms with van der Waals surface area (Å²) < 4.78 is 2.54. The van der Waals surface area contributed by atoms with Crippen LogP contribution in [-0.4, -0.2) is 41.0 Å². The number of para-hydroxylation sites is 2. The van der Waals surface area contributed by atoms with Crippen molar-refractivity contribution in [2.45, 2.75) is 123 Å². The number of nitrogens with zero attached hydrogens (tertiary/aromatic N) is 2. The number of anilines is 1. The van der Waals surface area contributed by atoms with Gasteiger partial charge in [0.15, 0.2) is 5.71 Å². The van der Waals surface area contributed by atoms with Crippen LogP contribution >= 0.6 is 0 Å². The number of nitrogens with one attached hydrogen (secondary N) is 1. The number of hydrogen-bond donors (Lipinski definition) is 2. The molecule has 0 bridgehead atoms. The minimum atomic E-state index is -0.690. The average Bonchev–Trinajstić information content (AvgIpc) is 3.43. The van der Waals surface area contributed by atoms with Crippen LogP contribution < -0.4 is 10.2 Å². The van der Waals surface area contributed by atoms with Gasteiger partial charge in [-0.25, -0.2) is 0 Å².